The van der Waals surface area contributed by atoms with Crippen LogP contribution in [0.15, 0.2) is 6.20 Å². The Labute approximate surface area is 64.3 Å². The summed E-state index contributed by atoms with van der Waals surface area (Å²) in [4.78, 5) is 0. The molecule has 0 aliphatic heterocycles. The van der Waals surface area contributed by atoms with Gasteiger partial charge < -0.3 is 4.74 Å². The van der Waals surface area contributed by atoms with E-state index in [2.05, 4.69) is 15.4 Å². The normalized spacial score (nSPS) is 10.0. The number of aromatic amines is 1. The van der Waals surface area contributed by atoms with E-state index in [9.17, 15) is 0 Å². The molecule has 1 aromatic heterocycles. The molecule has 0 unspecified atom stereocenters. The zero-order valence-corrected chi connectivity index (χ0v) is 6.32. The minimum atomic E-state index is 0.573. The average Bonchev–Trinajstić information content (AvgIpc) is 2.52. The molecule has 0 aromatic carbocycles. The van der Waals surface area contributed by atoms with Crippen molar-refractivity contribution in [2.24, 2.45) is 5.84 Å². The second-order valence-corrected chi connectivity index (χ2v) is 2.01. The van der Waals surface area contributed by atoms with E-state index < -0.39 is 0 Å². The number of nitrogens with two attached hydrogens (primary N) is 1. The van der Waals surface area contributed by atoms with E-state index in [-0.39, 0.29) is 0 Å². The third-order valence-electron chi connectivity index (χ3n) is 1.23. The summed E-state index contributed by atoms with van der Waals surface area (Å²) in [5, 5.41) is 11.3. The molecule has 6 nitrogen and oxygen atoms in total. The minimum Gasteiger partial charge on any atom is -0.383 e. The largest absolute Gasteiger partial charge is 0.383 e. The molecule has 0 aliphatic rings. The number of hydrogen-bond acceptors (Lipinski definition) is 5. The predicted octanol–water partition coefficient (Wildman–Crippen LogP) is -0.869. The molecule has 1 aromatic rings. The van der Waals surface area contributed by atoms with Crippen LogP contribution in [0.5, 0.6) is 0 Å². The van der Waals surface area contributed by atoms with Gasteiger partial charge in [-0.05, 0) is 0 Å². The summed E-state index contributed by atoms with van der Waals surface area (Å²) >= 11 is 0. The Morgan fingerprint density at radius 2 is 2.64 bits per heavy atom. The van der Waals surface area contributed by atoms with Crippen LogP contribution in [0.4, 0.5) is 5.82 Å². The van der Waals surface area contributed by atoms with Gasteiger partial charge >= 0.3 is 0 Å². The number of hydrazine groups is 1. The molecule has 62 valence electrons. The van der Waals surface area contributed by atoms with Crippen molar-refractivity contribution >= 4 is 5.82 Å². The third-order valence-corrected chi connectivity index (χ3v) is 1.23. The number of nitrogens with one attached hydrogen (secondary N) is 1. The number of rotatable bonds is 4. The quantitative estimate of drug-likeness (QED) is 0.438. The van der Waals surface area contributed by atoms with Crippen molar-refractivity contribution in [1.29, 1.82) is 0 Å². The summed E-state index contributed by atoms with van der Waals surface area (Å²) in [6, 6.07) is 0. The molecule has 11 heavy (non-hydrogen) atoms. The maximum atomic E-state index is 5.56. The van der Waals surface area contributed by atoms with Crippen LogP contribution in [-0.2, 0) is 4.74 Å². The fourth-order valence-corrected chi connectivity index (χ4v) is 0.638. The van der Waals surface area contributed by atoms with E-state index in [1.165, 1.54) is 5.01 Å². The maximum Gasteiger partial charge on any atom is 0.184 e. The van der Waals surface area contributed by atoms with E-state index in [0.717, 1.165) is 0 Å². The molecule has 1 rings (SSSR count). The van der Waals surface area contributed by atoms with Gasteiger partial charge in [0.1, 0.15) is 0 Å². The van der Waals surface area contributed by atoms with Crippen molar-refractivity contribution in [3.05, 3.63) is 6.20 Å². The lowest BCUT2D eigenvalue weighted by atomic mass is 10.6. The summed E-state index contributed by atoms with van der Waals surface area (Å²) in [6.07, 6.45) is 1.55. The molecule has 0 aliphatic carbocycles. The Morgan fingerprint density at radius 3 is 3.18 bits per heavy atom. The highest BCUT2D eigenvalue weighted by atomic mass is 16.5. The highest BCUT2D eigenvalue weighted by Crippen LogP contribution is 1.99. The summed E-state index contributed by atoms with van der Waals surface area (Å²) in [5.41, 5.74) is 0. The molecule has 1 heterocycles. The van der Waals surface area contributed by atoms with E-state index in [0.29, 0.717) is 19.0 Å². The number of nitrogens with zero attached hydrogens (tertiary/aromatic N) is 3. The molecule has 3 N–H and O–H groups in total. The monoisotopic (exact) mass is 157 g/mol. The Morgan fingerprint density at radius 1 is 1.82 bits per heavy atom. The summed E-state index contributed by atoms with van der Waals surface area (Å²) in [5.74, 6) is 6.17. The maximum absolute atomic E-state index is 5.56. The number of hydrogen-bond donors (Lipinski definition) is 2. The van der Waals surface area contributed by atoms with Gasteiger partial charge in [0.05, 0.1) is 19.3 Å². The Balaban J connectivity index is 2.36. The van der Waals surface area contributed by atoms with Crippen molar-refractivity contribution in [3.63, 3.8) is 0 Å². The van der Waals surface area contributed by atoms with Crippen LogP contribution < -0.4 is 10.9 Å². The van der Waals surface area contributed by atoms with Crippen LogP contribution >= 0.6 is 0 Å². The predicted molar refractivity (Wildman–Crippen MR) is 39.8 cm³/mol. The van der Waals surface area contributed by atoms with E-state index in [4.69, 9.17) is 10.6 Å². The first-order valence-corrected chi connectivity index (χ1v) is 3.21. The Hall–Kier alpha value is -1.14. The first-order chi connectivity index (χ1) is 5.34. The van der Waals surface area contributed by atoms with Gasteiger partial charge in [-0.3, -0.25) is 5.01 Å². The number of methoxy groups -OCH3 is 1. The number of anilines is 1. The Kier molecular flexibility index (Phi) is 2.82. The molecule has 0 spiro atoms. The lowest BCUT2D eigenvalue weighted by Crippen LogP contribution is -2.34. The van der Waals surface area contributed by atoms with Crippen molar-refractivity contribution < 1.29 is 4.74 Å². The summed E-state index contributed by atoms with van der Waals surface area (Å²) < 4.78 is 4.83. The smallest absolute Gasteiger partial charge is 0.184 e. The van der Waals surface area contributed by atoms with Gasteiger partial charge in [0.25, 0.3) is 0 Å². The van der Waals surface area contributed by atoms with Crippen LogP contribution in [-0.4, -0.2) is 35.7 Å². The fraction of sp³-hybridized carbons (Fsp3) is 0.600. The van der Waals surface area contributed by atoms with Gasteiger partial charge in [-0.1, -0.05) is 0 Å². The van der Waals surface area contributed by atoms with Gasteiger partial charge in [0.2, 0.25) is 0 Å². The van der Waals surface area contributed by atoms with E-state index in [1.807, 2.05) is 0 Å². The lowest BCUT2D eigenvalue weighted by molar-refractivity contribution is 0.205. The second kappa shape index (κ2) is 3.89. The summed E-state index contributed by atoms with van der Waals surface area (Å²) in [7, 11) is 1.62. The zero-order valence-electron chi connectivity index (χ0n) is 6.32. The topological polar surface area (TPSA) is 80.1 Å². The molecule has 0 saturated carbocycles. The highest BCUT2D eigenvalue weighted by molar-refractivity contribution is 5.30. The second-order valence-electron chi connectivity index (χ2n) is 2.01. The third kappa shape index (κ3) is 2.17. The van der Waals surface area contributed by atoms with Crippen LogP contribution in [0.25, 0.3) is 0 Å². The van der Waals surface area contributed by atoms with Gasteiger partial charge in [-0.25, -0.2) is 5.84 Å². The molecular weight excluding hydrogens is 146 g/mol. The van der Waals surface area contributed by atoms with Crippen molar-refractivity contribution in [3.8, 4) is 0 Å². The fourth-order valence-electron chi connectivity index (χ4n) is 0.638. The SMILES string of the molecule is COCCN(N)c1cn[nH]n1. The molecule has 0 radical (unpaired) electrons. The van der Waals surface area contributed by atoms with Gasteiger partial charge in [-0.15, -0.1) is 5.10 Å². The van der Waals surface area contributed by atoms with Crippen molar-refractivity contribution in [2.75, 3.05) is 25.3 Å². The molecule has 0 amide bonds. The molecule has 0 fully saturated rings. The Bertz CT molecular complexity index is 187. The highest BCUT2D eigenvalue weighted by Gasteiger charge is 2.01. The number of aromatic nitrogens is 3. The molecule has 0 atom stereocenters. The standard InChI is InChI=1S/C5H11N5O/c1-11-3-2-10(6)5-4-7-9-8-5/h4H,2-3,6H2,1H3,(H,7,8,9). The molecule has 6 heteroatoms. The van der Waals surface area contributed by atoms with Crippen LogP contribution in [0, 0.1) is 0 Å². The van der Waals surface area contributed by atoms with Crippen LogP contribution in [0.2, 0.25) is 0 Å². The van der Waals surface area contributed by atoms with Gasteiger partial charge in [0, 0.05) is 7.11 Å². The van der Waals surface area contributed by atoms with Gasteiger partial charge in [0.15, 0.2) is 5.82 Å². The average molecular weight is 157 g/mol. The summed E-state index contributed by atoms with van der Waals surface area (Å²) in [6.45, 7) is 1.17. The van der Waals surface area contributed by atoms with E-state index in [1.54, 1.807) is 13.3 Å². The first kappa shape index (κ1) is 7.96. The number of H-pyrrole nitrogens is 1. The zero-order chi connectivity index (χ0) is 8.10. The molecule has 0 bridgehead atoms. The first-order valence-electron chi connectivity index (χ1n) is 3.21. The van der Waals surface area contributed by atoms with Crippen LogP contribution in [0.1, 0.15) is 0 Å². The lowest BCUT2D eigenvalue weighted by Gasteiger charge is -2.13. The van der Waals surface area contributed by atoms with Crippen molar-refractivity contribution in [1.82, 2.24) is 15.4 Å². The van der Waals surface area contributed by atoms with Gasteiger partial charge in [-0.2, -0.15) is 10.3 Å². The molecular formula is C5H11N5O. The van der Waals surface area contributed by atoms with Crippen molar-refractivity contribution in [2.45, 2.75) is 0 Å². The number of ether oxygens (including phenoxy) is 1. The van der Waals surface area contributed by atoms with Crippen LogP contribution in [0.3, 0.4) is 0 Å². The minimum absolute atomic E-state index is 0.573. The van der Waals surface area contributed by atoms with E-state index >= 15 is 0 Å². The molecule has 0 saturated heterocycles.